The molecule has 1 aromatic carbocycles. The van der Waals surface area contributed by atoms with Crippen LogP contribution in [0.5, 0.6) is 11.5 Å². The van der Waals surface area contributed by atoms with Crippen LogP contribution in [-0.2, 0) is 5.60 Å². The Morgan fingerprint density at radius 1 is 1.00 bits per heavy atom. The predicted molar refractivity (Wildman–Crippen MR) is 64.2 cm³/mol. The van der Waals surface area contributed by atoms with Crippen LogP contribution in [0.1, 0.15) is 30.5 Å². The SMILES string of the molecule is COc1c(C)c(C(C)(C)O)c(OC)c(C)c1F. The van der Waals surface area contributed by atoms with E-state index < -0.39 is 11.4 Å². The summed E-state index contributed by atoms with van der Waals surface area (Å²) in [6.07, 6.45) is 0. The summed E-state index contributed by atoms with van der Waals surface area (Å²) < 4.78 is 24.3. The summed E-state index contributed by atoms with van der Waals surface area (Å²) in [4.78, 5) is 0. The van der Waals surface area contributed by atoms with E-state index in [0.29, 0.717) is 22.4 Å². The van der Waals surface area contributed by atoms with Gasteiger partial charge in [0.1, 0.15) is 5.75 Å². The van der Waals surface area contributed by atoms with Crippen molar-refractivity contribution in [3.05, 3.63) is 22.5 Å². The summed E-state index contributed by atoms with van der Waals surface area (Å²) in [5.74, 6) is 0.0728. The van der Waals surface area contributed by atoms with E-state index in [-0.39, 0.29) is 5.75 Å². The van der Waals surface area contributed by atoms with Crippen LogP contribution in [0, 0.1) is 19.7 Å². The normalized spacial score (nSPS) is 11.5. The molecule has 0 heterocycles. The van der Waals surface area contributed by atoms with Gasteiger partial charge in [-0.15, -0.1) is 0 Å². The lowest BCUT2D eigenvalue weighted by molar-refractivity contribution is 0.0743. The fourth-order valence-electron chi connectivity index (χ4n) is 2.14. The fourth-order valence-corrected chi connectivity index (χ4v) is 2.14. The van der Waals surface area contributed by atoms with Crippen LogP contribution in [0.3, 0.4) is 0 Å². The lowest BCUT2D eigenvalue weighted by Crippen LogP contribution is -2.20. The van der Waals surface area contributed by atoms with Gasteiger partial charge in [-0.1, -0.05) is 0 Å². The van der Waals surface area contributed by atoms with E-state index >= 15 is 0 Å². The van der Waals surface area contributed by atoms with E-state index in [1.165, 1.54) is 14.2 Å². The highest BCUT2D eigenvalue weighted by Crippen LogP contribution is 2.41. The molecule has 0 atom stereocenters. The van der Waals surface area contributed by atoms with Crippen LogP contribution in [0.15, 0.2) is 0 Å². The zero-order valence-electron chi connectivity index (χ0n) is 11.1. The van der Waals surface area contributed by atoms with E-state index in [9.17, 15) is 9.50 Å². The number of methoxy groups -OCH3 is 2. The molecule has 1 N–H and O–H groups in total. The van der Waals surface area contributed by atoms with E-state index in [0.717, 1.165) is 0 Å². The van der Waals surface area contributed by atoms with Crippen LogP contribution >= 0.6 is 0 Å². The van der Waals surface area contributed by atoms with Crippen molar-refractivity contribution in [3.63, 3.8) is 0 Å². The number of ether oxygens (including phenoxy) is 2. The van der Waals surface area contributed by atoms with Gasteiger partial charge in [0.05, 0.1) is 19.8 Å². The van der Waals surface area contributed by atoms with Crippen molar-refractivity contribution in [2.75, 3.05) is 14.2 Å². The first-order valence-electron chi connectivity index (χ1n) is 5.39. The molecule has 0 spiro atoms. The predicted octanol–water partition coefficient (Wildman–Crippen LogP) is 2.69. The molecule has 0 aliphatic heterocycles. The first kappa shape index (κ1) is 13.8. The maximum absolute atomic E-state index is 14.0. The average molecular weight is 242 g/mol. The van der Waals surface area contributed by atoms with Crippen molar-refractivity contribution in [1.82, 2.24) is 0 Å². The highest BCUT2D eigenvalue weighted by atomic mass is 19.1. The Balaban J connectivity index is 3.74. The Morgan fingerprint density at radius 3 is 1.82 bits per heavy atom. The Hall–Kier alpha value is -1.29. The highest BCUT2D eigenvalue weighted by Gasteiger charge is 2.29. The molecule has 0 amide bonds. The van der Waals surface area contributed by atoms with E-state index in [1.807, 2.05) is 0 Å². The largest absolute Gasteiger partial charge is 0.496 e. The fraction of sp³-hybridized carbons (Fsp3) is 0.538. The monoisotopic (exact) mass is 242 g/mol. The van der Waals surface area contributed by atoms with Crippen molar-refractivity contribution >= 4 is 0 Å². The Labute approximate surface area is 101 Å². The minimum Gasteiger partial charge on any atom is -0.496 e. The number of halogens is 1. The minimum absolute atomic E-state index is 0.153. The van der Waals surface area contributed by atoms with Crippen LogP contribution in [-0.4, -0.2) is 19.3 Å². The molecule has 17 heavy (non-hydrogen) atoms. The Morgan fingerprint density at radius 2 is 1.47 bits per heavy atom. The van der Waals surface area contributed by atoms with Crippen LogP contribution < -0.4 is 9.47 Å². The zero-order valence-corrected chi connectivity index (χ0v) is 11.1. The number of hydrogen-bond donors (Lipinski definition) is 1. The van der Waals surface area contributed by atoms with E-state index in [1.54, 1.807) is 27.7 Å². The molecular formula is C13H19FO3. The molecule has 1 rings (SSSR count). The standard InChI is InChI=1S/C13H19FO3/c1-7-9(13(3,4)15)11(16-5)8(2)10(14)12(7)17-6/h15H,1-6H3. The minimum atomic E-state index is -1.12. The Bertz CT molecular complexity index is 434. The van der Waals surface area contributed by atoms with Gasteiger partial charge >= 0.3 is 0 Å². The summed E-state index contributed by atoms with van der Waals surface area (Å²) in [6, 6.07) is 0. The van der Waals surface area contributed by atoms with Crippen molar-refractivity contribution in [2.45, 2.75) is 33.3 Å². The summed E-state index contributed by atoms with van der Waals surface area (Å²) in [7, 11) is 2.87. The van der Waals surface area contributed by atoms with Crippen LogP contribution in [0.4, 0.5) is 4.39 Å². The van der Waals surface area contributed by atoms with E-state index in [2.05, 4.69) is 0 Å². The first-order valence-corrected chi connectivity index (χ1v) is 5.39. The smallest absolute Gasteiger partial charge is 0.171 e. The van der Waals surface area contributed by atoms with Crippen molar-refractivity contribution < 1.29 is 19.0 Å². The topological polar surface area (TPSA) is 38.7 Å². The second-order valence-electron chi connectivity index (χ2n) is 4.56. The van der Waals surface area contributed by atoms with Gasteiger partial charge < -0.3 is 14.6 Å². The molecule has 0 radical (unpaired) electrons. The summed E-state index contributed by atoms with van der Waals surface area (Å²) in [5.41, 5.74) is 0.323. The second kappa shape index (κ2) is 4.53. The molecule has 0 fully saturated rings. The number of hydrogen-bond acceptors (Lipinski definition) is 3. The third-order valence-electron chi connectivity index (χ3n) is 2.83. The summed E-state index contributed by atoms with van der Waals surface area (Å²) >= 11 is 0. The van der Waals surface area contributed by atoms with Crippen LogP contribution in [0.2, 0.25) is 0 Å². The van der Waals surface area contributed by atoms with Crippen molar-refractivity contribution in [1.29, 1.82) is 0 Å². The average Bonchev–Trinajstić information content (AvgIpc) is 2.22. The molecule has 0 aromatic heterocycles. The van der Waals surface area contributed by atoms with E-state index in [4.69, 9.17) is 9.47 Å². The first-order chi connectivity index (χ1) is 7.75. The van der Waals surface area contributed by atoms with Gasteiger partial charge in [-0.05, 0) is 27.7 Å². The van der Waals surface area contributed by atoms with Gasteiger partial charge in [0, 0.05) is 16.7 Å². The molecule has 96 valence electrons. The molecule has 0 saturated heterocycles. The highest BCUT2D eigenvalue weighted by molar-refractivity contribution is 5.56. The lowest BCUT2D eigenvalue weighted by atomic mass is 9.90. The molecule has 0 unspecified atom stereocenters. The molecule has 0 saturated carbocycles. The molecule has 0 bridgehead atoms. The molecule has 3 nitrogen and oxygen atoms in total. The number of benzene rings is 1. The van der Waals surface area contributed by atoms with Crippen molar-refractivity contribution in [3.8, 4) is 11.5 Å². The van der Waals surface area contributed by atoms with Gasteiger partial charge in [0.2, 0.25) is 0 Å². The quantitative estimate of drug-likeness (QED) is 0.885. The summed E-state index contributed by atoms with van der Waals surface area (Å²) in [5, 5.41) is 10.2. The molecule has 1 aromatic rings. The van der Waals surface area contributed by atoms with Gasteiger partial charge in [0.25, 0.3) is 0 Å². The Kier molecular flexibility index (Phi) is 3.67. The third kappa shape index (κ3) is 2.22. The van der Waals surface area contributed by atoms with Gasteiger partial charge in [-0.25, -0.2) is 4.39 Å². The molecule has 0 aliphatic carbocycles. The van der Waals surface area contributed by atoms with Gasteiger partial charge in [-0.2, -0.15) is 0 Å². The van der Waals surface area contributed by atoms with Crippen molar-refractivity contribution in [2.24, 2.45) is 0 Å². The molecule has 4 heteroatoms. The van der Waals surface area contributed by atoms with Gasteiger partial charge in [-0.3, -0.25) is 0 Å². The third-order valence-corrected chi connectivity index (χ3v) is 2.83. The number of rotatable bonds is 3. The number of aliphatic hydroxyl groups is 1. The van der Waals surface area contributed by atoms with Gasteiger partial charge in [0.15, 0.2) is 11.6 Å². The summed E-state index contributed by atoms with van der Waals surface area (Å²) in [6.45, 7) is 6.58. The second-order valence-corrected chi connectivity index (χ2v) is 4.56. The maximum atomic E-state index is 14.0. The zero-order chi connectivity index (χ0) is 13.4. The van der Waals surface area contributed by atoms with Crippen LogP contribution in [0.25, 0.3) is 0 Å². The molecular weight excluding hydrogens is 223 g/mol. The maximum Gasteiger partial charge on any atom is 0.171 e. The molecule has 0 aliphatic rings. The lowest BCUT2D eigenvalue weighted by Gasteiger charge is -2.26.